The van der Waals surface area contributed by atoms with Gasteiger partial charge in [-0.15, -0.1) is 0 Å². The maximum absolute atomic E-state index is 10.2. The maximum atomic E-state index is 10.2. The van der Waals surface area contributed by atoms with Crippen molar-refractivity contribution < 1.29 is 9.53 Å². The van der Waals surface area contributed by atoms with Crippen molar-refractivity contribution in [2.24, 2.45) is 5.73 Å². The quantitative estimate of drug-likeness (QED) is 0.595. The summed E-state index contributed by atoms with van der Waals surface area (Å²) in [5.74, 6) is 0.673. The van der Waals surface area contributed by atoms with Gasteiger partial charge in [-0.2, -0.15) is 0 Å². The lowest BCUT2D eigenvalue weighted by Crippen LogP contribution is -2.18. The Morgan fingerprint density at radius 1 is 1.57 bits per heavy atom. The van der Waals surface area contributed by atoms with Gasteiger partial charge in [-0.05, 0) is 12.1 Å². The lowest BCUT2D eigenvalue weighted by atomic mass is 10.4. The van der Waals surface area contributed by atoms with Crippen LogP contribution in [0.4, 0.5) is 16.3 Å². The summed E-state index contributed by atoms with van der Waals surface area (Å²) in [4.78, 5) is 14.2. The zero-order valence-electron chi connectivity index (χ0n) is 7.56. The summed E-state index contributed by atoms with van der Waals surface area (Å²) in [7, 11) is 0. The van der Waals surface area contributed by atoms with Crippen LogP contribution in [0.3, 0.4) is 0 Å². The van der Waals surface area contributed by atoms with Gasteiger partial charge in [-0.3, -0.25) is 0 Å². The molecule has 0 saturated heterocycles. The van der Waals surface area contributed by atoms with E-state index in [1.54, 1.807) is 12.1 Å². The highest BCUT2D eigenvalue weighted by Crippen LogP contribution is 2.04. The van der Waals surface area contributed by atoms with E-state index in [-0.39, 0.29) is 6.61 Å². The first kappa shape index (κ1) is 10.1. The highest BCUT2D eigenvalue weighted by atomic mass is 16.5. The molecule has 6 nitrogen and oxygen atoms in total. The van der Waals surface area contributed by atoms with Crippen molar-refractivity contribution in [1.29, 1.82) is 0 Å². The largest absolute Gasteiger partial charge is 0.448 e. The SMILES string of the molecule is NC(=O)OCCNc1ccc(N)cn1. The van der Waals surface area contributed by atoms with Crippen LogP contribution in [0.2, 0.25) is 0 Å². The average molecular weight is 196 g/mol. The summed E-state index contributed by atoms with van der Waals surface area (Å²) >= 11 is 0. The number of nitrogens with one attached hydrogen (secondary N) is 1. The van der Waals surface area contributed by atoms with Crippen LogP contribution in [0.5, 0.6) is 0 Å². The number of amides is 1. The van der Waals surface area contributed by atoms with Gasteiger partial charge in [-0.25, -0.2) is 9.78 Å². The number of rotatable bonds is 4. The summed E-state index contributed by atoms with van der Waals surface area (Å²) in [5.41, 5.74) is 10.8. The van der Waals surface area contributed by atoms with E-state index in [1.165, 1.54) is 6.20 Å². The van der Waals surface area contributed by atoms with E-state index in [0.717, 1.165) is 0 Å². The Labute approximate surface area is 81.3 Å². The minimum Gasteiger partial charge on any atom is -0.448 e. The second-order valence-corrected chi connectivity index (χ2v) is 2.57. The van der Waals surface area contributed by atoms with Gasteiger partial charge in [-0.1, -0.05) is 0 Å². The number of nitrogen functional groups attached to an aromatic ring is 1. The van der Waals surface area contributed by atoms with Crippen molar-refractivity contribution in [3.05, 3.63) is 18.3 Å². The number of pyridine rings is 1. The minimum atomic E-state index is -0.780. The van der Waals surface area contributed by atoms with Crippen LogP contribution in [0.1, 0.15) is 0 Å². The molecule has 0 bridgehead atoms. The summed E-state index contributed by atoms with van der Waals surface area (Å²) in [6.07, 6.45) is 0.758. The van der Waals surface area contributed by atoms with Crippen LogP contribution < -0.4 is 16.8 Å². The summed E-state index contributed by atoms with van der Waals surface area (Å²) < 4.78 is 4.51. The fraction of sp³-hybridized carbons (Fsp3) is 0.250. The van der Waals surface area contributed by atoms with Gasteiger partial charge in [0, 0.05) is 0 Å². The summed E-state index contributed by atoms with van der Waals surface area (Å²) in [6, 6.07) is 3.46. The highest BCUT2D eigenvalue weighted by Gasteiger charge is 1.94. The van der Waals surface area contributed by atoms with Gasteiger partial charge in [0.1, 0.15) is 12.4 Å². The molecule has 1 aromatic heterocycles. The lowest BCUT2D eigenvalue weighted by Gasteiger charge is -2.04. The predicted molar refractivity (Wildman–Crippen MR) is 52.7 cm³/mol. The zero-order chi connectivity index (χ0) is 10.4. The lowest BCUT2D eigenvalue weighted by molar-refractivity contribution is 0.161. The number of hydrogen-bond donors (Lipinski definition) is 3. The van der Waals surface area contributed by atoms with E-state index in [4.69, 9.17) is 11.5 Å². The van der Waals surface area contributed by atoms with E-state index in [9.17, 15) is 4.79 Å². The van der Waals surface area contributed by atoms with Crippen molar-refractivity contribution in [3.8, 4) is 0 Å². The Kier molecular flexibility index (Phi) is 3.54. The molecule has 76 valence electrons. The van der Waals surface area contributed by atoms with E-state index in [1.807, 2.05) is 0 Å². The molecule has 1 heterocycles. The number of aromatic nitrogens is 1. The Balaban J connectivity index is 2.25. The molecule has 0 aliphatic carbocycles. The Hall–Kier alpha value is -1.98. The molecule has 6 heteroatoms. The number of primary amides is 1. The number of nitrogens with zero attached hydrogens (tertiary/aromatic N) is 1. The Morgan fingerprint density at radius 2 is 2.36 bits per heavy atom. The molecular formula is C8H12N4O2. The molecule has 1 aromatic rings. The zero-order valence-corrected chi connectivity index (χ0v) is 7.56. The number of ether oxygens (including phenoxy) is 1. The summed E-state index contributed by atoms with van der Waals surface area (Å²) in [6.45, 7) is 0.668. The van der Waals surface area contributed by atoms with Crippen molar-refractivity contribution in [1.82, 2.24) is 4.98 Å². The Bertz CT molecular complexity index is 299. The second kappa shape index (κ2) is 4.90. The highest BCUT2D eigenvalue weighted by molar-refractivity contribution is 5.64. The molecule has 0 saturated carbocycles. The van der Waals surface area contributed by atoms with Crippen LogP contribution in [-0.2, 0) is 4.74 Å². The van der Waals surface area contributed by atoms with Crippen LogP contribution in [0.25, 0.3) is 0 Å². The van der Waals surface area contributed by atoms with Gasteiger partial charge in [0.05, 0.1) is 18.4 Å². The topological polar surface area (TPSA) is 103 Å². The molecule has 0 aliphatic rings. The molecule has 0 atom stereocenters. The molecule has 14 heavy (non-hydrogen) atoms. The molecule has 0 unspecified atom stereocenters. The maximum Gasteiger partial charge on any atom is 0.404 e. The van der Waals surface area contributed by atoms with Gasteiger partial charge in [0.2, 0.25) is 0 Å². The van der Waals surface area contributed by atoms with Gasteiger partial charge in [0.15, 0.2) is 0 Å². The first-order chi connectivity index (χ1) is 6.68. The van der Waals surface area contributed by atoms with Crippen LogP contribution in [0.15, 0.2) is 18.3 Å². The third-order valence-corrected chi connectivity index (χ3v) is 1.44. The number of hydrogen-bond acceptors (Lipinski definition) is 5. The van der Waals surface area contributed by atoms with E-state index in [0.29, 0.717) is 18.1 Å². The third kappa shape index (κ3) is 3.61. The summed E-state index contributed by atoms with van der Waals surface area (Å²) in [5, 5.41) is 2.93. The Morgan fingerprint density at radius 3 is 2.93 bits per heavy atom. The molecule has 0 fully saturated rings. The third-order valence-electron chi connectivity index (χ3n) is 1.44. The fourth-order valence-electron chi connectivity index (χ4n) is 0.841. The van der Waals surface area contributed by atoms with Gasteiger partial charge < -0.3 is 21.5 Å². The molecular weight excluding hydrogens is 184 g/mol. The van der Waals surface area contributed by atoms with Crippen LogP contribution >= 0.6 is 0 Å². The van der Waals surface area contributed by atoms with Crippen molar-refractivity contribution in [2.45, 2.75) is 0 Å². The van der Waals surface area contributed by atoms with Crippen molar-refractivity contribution >= 4 is 17.6 Å². The average Bonchev–Trinajstić information content (AvgIpc) is 2.15. The van der Waals surface area contributed by atoms with Crippen molar-refractivity contribution in [3.63, 3.8) is 0 Å². The standard InChI is InChI=1S/C8H12N4O2/c9-6-1-2-7(12-5-6)11-3-4-14-8(10)13/h1-2,5H,3-4,9H2,(H2,10,13)(H,11,12). The fourth-order valence-corrected chi connectivity index (χ4v) is 0.841. The first-order valence-corrected chi connectivity index (χ1v) is 4.06. The van der Waals surface area contributed by atoms with Gasteiger partial charge >= 0.3 is 6.09 Å². The number of anilines is 2. The molecule has 1 amide bonds. The number of carbonyl (C=O) groups is 1. The van der Waals surface area contributed by atoms with E-state index >= 15 is 0 Å². The molecule has 0 aliphatic heterocycles. The smallest absolute Gasteiger partial charge is 0.404 e. The second-order valence-electron chi connectivity index (χ2n) is 2.57. The molecule has 0 spiro atoms. The van der Waals surface area contributed by atoms with Crippen LogP contribution in [0, 0.1) is 0 Å². The minimum absolute atomic E-state index is 0.210. The first-order valence-electron chi connectivity index (χ1n) is 4.06. The normalized spacial score (nSPS) is 9.43. The molecule has 1 rings (SSSR count). The van der Waals surface area contributed by atoms with E-state index in [2.05, 4.69) is 15.0 Å². The molecule has 0 aromatic carbocycles. The van der Waals surface area contributed by atoms with Crippen LogP contribution in [-0.4, -0.2) is 24.2 Å². The molecule has 5 N–H and O–H groups in total. The van der Waals surface area contributed by atoms with Gasteiger partial charge in [0.25, 0.3) is 0 Å². The predicted octanol–water partition coefficient (Wildman–Crippen LogP) is 0.171. The number of carbonyl (C=O) groups excluding carboxylic acids is 1. The number of nitrogens with two attached hydrogens (primary N) is 2. The van der Waals surface area contributed by atoms with E-state index < -0.39 is 6.09 Å². The van der Waals surface area contributed by atoms with Crippen molar-refractivity contribution in [2.75, 3.05) is 24.2 Å². The monoisotopic (exact) mass is 196 g/mol. The molecule has 0 radical (unpaired) electrons.